The fourth-order valence-corrected chi connectivity index (χ4v) is 4.30. The van der Waals surface area contributed by atoms with Crippen molar-refractivity contribution < 1.29 is 14.3 Å². The molecule has 0 aliphatic heterocycles. The second kappa shape index (κ2) is 11.2. The van der Waals surface area contributed by atoms with Gasteiger partial charge in [0.1, 0.15) is 11.8 Å². The van der Waals surface area contributed by atoms with Crippen molar-refractivity contribution in [3.05, 3.63) is 64.1 Å². The van der Waals surface area contributed by atoms with Gasteiger partial charge in [0.2, 0.25) is 5.91 Å². The second-order valence-corrected chi connectivity index (χ2v) is 10.8. The molecule has 3 rings (SSSR count). The third-order valence-electron chi connectivity index (χ3n) is 6.22. The summed E-state index contributed by atoms with van der Waals surface area (Å²) in [5, 5.41) is 3.12. The number of halogens is 1. The maximum atomic E-state index is 13.2. The molecule has 0 radical (unpaired) electrons. The summed E-state index contributed by atoms with van der Waals surface area (Å²) in [5.74, 6) is 0.316. The SMILES string of the molecule is C[C@H](C(=O)NC1CCCC1)N(Cc1ccc(Br)cc1)C(=O)COc1ccc(C(C)(C)C)cc1. The number of carbonyl (C=O) groups excluding carboxylic acids is 2. The summed E-state index contributed by atoms with van der Waals surface area (Å²) in [6.45, 7) is 8.49. The summed E-state index contributed by atoms with van der Waals surface area (Å²) in [7, 11) is 0. The predicted octanol–water partition coefficient (Wildman–Crippen LogP) is 5.60. The number of amides is 2. The predicted molar refractivity (Wildman–Crippen MR) is 135 cm³/mol. The van der Waals surface area contributed by atoms with Crippen molar-refractivity contribution >= 4 is 27.7 Å². The first-order valence-corrected chi connectivity index (χ1v) is 12.5. The number of ether oxygens (including phenoxy) is 1. The first-order valence-electron chi connectivity index (χ1n) is 11.7. The van der Waals surface area contributed by atoms with E-state index in [9.17, 15) is 9.59 Å². The van der Waals surface area contributed by atoms with Gasteiger partial charge >= 0.3 is 0 Å². The van der Waals surface area contributed by atoms with Crippen LogP contribution in [0.3, 0.4) is 0 Å². The van der Waals surface area contributed by atoms with E-state index in [1.807, 2.05) is 48.5 Å². The number of hydrogen-bond donors (Lipinski definition) is 1. The van der Waals surface area contributed by atoms with E-state index in [0.29, 0.717) is 12.3 Å². The number of nitrogens with one attached hydrogen (secondary N) is 1. The largest absolute Gasteiger partial charge is 0.484 e. The van der Waals surface area contributed by atoms with Gasteiger partial charge in [-0.1, -0.05) is 73.8 Å². The molecule has 1 saturated carbocycles. The van der Waals surface area contributed by atoms with Crippen molar-refractivity contribution in [2.24, 2.45) is 0 Å². The quantitative estimate of drug-likeness (QED) is 0.498. The lowest BCUT2D eigenvalue weighted by Crippen LogP contribution is -2.50. The van der Waals surface area contributed by atoms with Crippen LogP contribution in [0.5, 0.6) is 5.75 Å². The molecule has 2 aromatic rings. The molecule has 0 heterocycles. The average Bonchev–Trinajstić information content (AvgIpc) is 3.29. The first kappa shape index (κ1) is 25.3. The summed E-state index contributed by atoms with van der Waals surface area (Å²) in [6.07, 6.45) is 4.30. The summed E-state index contributed by atoms with van der Waals surface area (Å²) < 4.78 is 6.78. The molecular formula is C27H35BrN2O3. The molecular weight excluding hydrogens is 480 g/mol. The molecule has 33 heavy (non-hydrogen) atoms. The third-order valence-corrected chi connectivity index (χ3v) is 6.75. The van der Waals surface area contributed by atoms with Gasteiger partial charge < -0.3 is 15.0 Å². The lowest BCUT2D eigenvalue weighted by molar-refractivity contribution is -0.142. The second-order valence-electron chi connectivity index (χ2n) is 9.88. The molecule has 5 nitrogen and oxygen atoms in total. The van der Waals surface area contributed by atoms with E-state index in [0.717, 1.165) is 35.7 Å². The molecule has 0 aromatic heterocycles. The fraction of sp³-hybridized carbons (Fsp3) is 0.481. The van der Waals surface area contributed by atoms with Crippen molar-refractivity contribution in [1.82, 2.24) is 10.2 Å². The molecule has 0 saturated heterocycles. The topological polar surface area (TPSA) is 58.6 Å². The molecule has 2 aromatic carbocycles. The highest BCUT2D eigenvalue weighted by Gasteiger charge is 2.28. The highest BCUT2D eigenvalue weighted by Crippen LogP contribution is 2.24. The standard InChI is InChI=1S/C27H35BrN2O3/c1-19(26(32)29-23-7-5-6-8-23)30(17-20-9-13-22(28)14-10-20)25(31)18-33-24-15-11-21(12-16-24)27(2,3)4/h9-16,19,23H,5-8,17-18H2,1-4H3,(H,29,32)/t19-/m1/s1. The number of carbonyl (C=O) groups is 2. The van der Waals surface area contributed by atoms with Gasteiger partial charge in [-0.15, -0.1) is 0 Å². The average molecular weight is 515 g/mol. The molecule has 1 N–H and O–H groups in total. The van der Waals surface area contributed by atoms with E-state index < -0.39 is 6.04 Å². The van der Waals surface area contributed by atoms with Gasteiger partial charge in [-0.25, -0.2) is 0 Å². The van der Waals surface area contributed by atoms with Crippen molar-refractivity contribution in [2.45, 2.75) is 77.4 Å². The van der Waals surface area contributed by atoms with E-state index in [1.165, 1.54) is 5.56 Å². The minimum absolute atomic E-state index is 0.0535. The number of nitrogens with zero attached hydrogens (tertiary/aromatic N) is 1. The maximum absolute atomic E-state index is 13.2. The Kier molecular flexibility index (Phi) is 8.57. The maximum Gasteiger partial charge on any atom is 0.261 e. The summed E-state index contributed by atoms with van der Waals surface area (Å²) in [6, 6.07) is 15.2. The fourth-order valence-electron chi connectivity index (χ4n) is 4.04. The van der Waals surface area contributed by atoms with Crippen molar-refractivity contribution in [1.29, 1.82) is 0 Å². The molecule has 1 aliphatic carbocycles. The molecule has 6 heteroatoms. The Bertz CT molecular complexity index is 929. The smallest absolute Gasteiger partial charge is 0.261 e. The van der Waals surface area contributed by atoms with Gasteiger partial charge in [0.25, 0.3) is 5.91 Å². The Balaban J connectivity index is 1.69. The minimum Gasteiger partial charge on any atom is -0.484 e. The zero-order chi connectivity index (χ0) is 24.0. The van der Waals surface area contributed by atoms with Crippen LogP contribution in [0.2, 0.25) is 0 Å². The molecule has 2 amide bonds. The molecule has 0 bridgehead atoms. The summed E-state index contributed by atoms with van der Waals surface area (Å²) in [5.41, 5.74) is 2.22. The number of rotatable bonds is 8. The Morgan fingerprint density at radius 2 is 1.67 bits per heavy atom. The van der Waals surface area contributed by atoms with Gasteiger partial charge in [-0.3, -0.25) is 9.59 Å². The van der Waals surface area contributed by atoms with E-state index in [4.69, 9.17) is 4.74 Å². The van der Waals surface area contributed by atoms with Gasteiger partial charge in [0, 0.05) is 17.1 Å². The van der Waals surface area contributed by atoms with Crippen molar-refractivity contribution in [2.75, 3.05) is 6.61 Å². The Hall–Kier alpha value is -2.34. The third kappa shape index (κ3) is 7.32. The normalized spacial score (nSPS) is 15.2. The van der Waals surface area contributed by atoms with Crippen LogP contribution in [0.15, 0.2) is 53.0 Å². The molecule has 1 aliphatic rings. The highest BCUT2D eigenvalue weighted by atomic mass is 79.9. The molecule has 1 fully saturated rings. The van der Waals surface area contributed by atoms with Crippen LogP contribution in [0.4, 0.5) is 0 Å². The lowest BCUT2D eigenvalue weighted by Gasteiger charge is -2.29. The monoisotopic (exact) mass is 514 g/mol. The van der Waals surface area contributed by atoms with E-state index in [1.54, 1.807) is 11.8 Å². The van der Waals surface area contributed by atoms with Gasteiger partial charge in [-0.05, 0) is 60.6 Å². The van der Waals surface area contributed by atoms with Crippen LogP contribution in [0.25, 0.3) is 0 Å². The highest BCUT2D eigenvalue weighted by molar-refractivity contribution is 9.10. The summed E-state index contributed by atoms with van der Waals surface area (Å²) in [4.78, 5) is 27.8. The van der Waals surface area contributed by atoms with Crippen LogP contribution in [0.1, 0.15) is 64.5 Å². The molecule has 0 spiro atoms. The van der Waals surface area contributed by atoms with Crippen LogP contribution in [0, 0.1) is 0 Å². The lowest BCUT2D eigenvalue weighted by atomic mass is 9.87. The van der Waals surface area contributed by atoms with Crippen LogP contribution >= 0.6 is 15.9 Å². The van der Waals surface area contributed by atoms with E-state index in [-0.39, 0.29) is 29.9 Å². The number of hydrogen-bond acceptors (Lipinski definition) is 3. The van der Waals surface area contributed by atoms with Gasteiger partial charge in [-0.2, -0.15) is 0 Å². The molecule has 0 unspecified atom stereocenters. The molecule has 178 valence electrons. The zero-order valence-electron chi connectivity index (χ0n) is 20.1. The number of benzene rings is 2. The Morgan fingerprint density at radius 3 is 2.24 bits per heavy atom. The van der Waals surface area contributed by atoms with Crippen LogP contribution < -0.4 is 10.1 Å². The van der Waals surface area contributed by atoms with Gasteiger partial charge in [0.05, 0.1) is 0 Å². The van der Waals surface area contributed by atoms with Crippen LogP contribution in [-0.2, 0) is 21.5 Å². The van der Waals surface area contributed by atoms with Crippen molar-refractivity contribution in [3.8, 4) is 5.75 Å². The van der Waals surface area contributed by atoms with Gasteiger partial charge in [0.15, 0.2) is 6.61 Å². The first-order chi connectivity index (χ1) is 15.6. The molecule has 1 atom stereocenters. The van der Waals surface area contributed by atoms with Crippen molar-refractivity contribution in [3.63, 3.8) is 0 Å². The van der Waals surface area contributed by atoms with E-state index >= 15 is 0 Å². The Morgan fingerprint density at radius 1 is 1.06 bits per heavy atom. The zero-order valence-corrected chi connectivity index (χ0v) is 21.7. The summed E-state index contributed by atoms with van der Waals surface area (Å²) >= 11 is 3.44. The Labute approximate surface area is 206 Å². The minimum atomic E-state index is -0.589. The van der Waals surface area contributed by atoms with E-state index in [2.05, 4.69) is 42.0 Å². The van der Waals surface area contributed by atoms with Crippen LogP contribution in [-0.4, -0.2) is 35.4 Å².